The molecule has 2 heterocycles. The van der Waals surface area contributed by atoms with Crippen LogP contribution in [0.1, 0.15) is 32.9 Å². The van der Waals surface area contributed by atoms with Crippen molar-refractivity contribution >= 4 is 34.9 Å². The predicted octanol–water partition coefficient (Wildman–Crippen LogP) is 4.62. The van der Waals surface area contributed by atoms with Crippen molar-refractivity contribution in [3.05, 3.63) is 87.6 Å². The molecule has 1 aromatic heterocycles. The maximum Gasteiger partial charge on any atom is 0.387 e. The number of hydrogen-bond acceptors (Lipinski definition) is 6. The maximum atomic E-state index is 12.9. The molecule has 11 heteroatoms. The lowest BCUT2D eigenvalue weighted by Crippen LogP contribution is -2.37. The van der Waals surface area contributed by atoms with Crippen molar-refractivity contribution in [3.8, 4) is 5.75 Å². The number of rotatable bonds is 9. The van der Waals surface area contributed by atoms with E-state index in [1.807, 2.05) is 37.3 Å². The van der Waals surface area contributed by atoms with Crippen LogP contribution in [-0.2, 0) is 11.3 Å². The third kappa shape index (κ3) is 6.23. The molecule has 0 aliphatic carbocycles. The minimum atomic E-state index is -2.93. The van der Waals surface area contributed by atoms with E-state index in [-0.39, 0.29) is 29.7 Å². The molecule has 8 nitrogen and oxygen atoms in total. The van der Waals surface area contributed by atoms with Gasteiger partial charge in [-0.15, -0.1) is 0 Å². The van der Waals surface area contributed by atoms with Gasteiger partial charge in [-0.3, -0.25) is 24.0 Å². The lowest BCUT2D eigenvalue weighted by atomic mass is 10.1. The number of carbonyl (C=O) groups excluding carboxylic acids is 3. The highest BCUT2D eigenvalue weighted by Gasteiger charge is 2.34. The molecule has 1 fully saturated rings. The van der Waals surface area contributed by atoms with Gasteiger partial charge in [0.25, 0.3) is 17.1 Å². The Morgan fingerprint density at radius 1 is 1.11 bits per heavy atom. The fourth-order valence-electron chi connectivity index (χ4n) is 3.90. The summed E-state index contributed by atoms with van der Waals surface area (Å²) >= 11 is 0.777. The van der Waals surface area contributed by atoms with E-state index in [0.717, 1.165) is 27.9 Å². The van der Waals surface area contributed by atoms with E-state index >= 15 is 0 Å². The van der Waals surface area contributed by atoms with Gasteiger partial charge >= 0.3 is 6.61 Å². The van der Waals surface area contributed by atoms with Gasteiger partial charge in [0.1, 0.15) is 5.75 Å². The molecule has 0 unspecified atom stereocenters. The van der Waals surface area contributed by atoms with Crippen molar-refractivity contribution in [1.82, 2.24) is 20.0 Å². The van der Waals surface area contributed by atoms with E-state index in [4.69, 9.17) is 0 Å². The summed E-state index contributed by atoms with van der Waals surface area (Å²) in [6.07, 6.45) is 1.50. The standard InChI is InChI=1S/C26H24F2N4O4S/c1-16-22(17(2)32(30-16)15-19-6-4-3-5-7-19)23(33)29-12-13-31-24(34)21(37-26(31)35)14-18-8-10-20(11-9-18)36-25(27)28/h3-11,14,25H,12-13,15H2,1-2H3,(H,29,33)/b21-14-. The first kappa shape index (κ1) is 26.1. The summed E-state index contributed by atoms with van der Waals surface area (Å²) in [6, 6.07) is 15.5. The number of hydrogen-bond donors (Lipinski definition) is 1. The van der Waals surface area contributed by atoms with Crippen molar-refractivity contribution in [1.29, 1.82) is 0 Å². The largest absolute Gasteiger partial charge is 0.435 e. The lowest BCUT2D eigenvalue weighted by Gasteiger charge is -2.13. The zero-order valence-corrected chi connectivity index (χ0v) is 20.9. The third-order valence-electron chi connectivity index (χ3n) is 5.68. The number of benzene rings is 2. The zero-order chi connectivity index (χ0) is 26.5. The number of ether oxygens (including phenoxy) is 1. The molecule has 0 radical (unpaired) electrons. The Kier molecular flexibility index (Phi) is 8.02. The van der Waals surface area contributed by atoms with E-state index < -0.39 is 17.8 Å². The number of aryl methyl sites for hydroxylation is 1. The average molecular weight is 527 g/mol. The van der Waals surface area contributed by atoms with Crippen LogP contribution in [0.4, 0.5) is 13.6 Å². The number of carbonyl (C=O) groups is 3. The SMILES string of the molecule is Cc1nn(Cc2ccccc2)c(C)c1C(=O)NCCN1C(=O)S/C(=C\c2ccc(OC(F)F)cc2)C1=O. The lowest BCUT2D eigenvalue weighted by molar-refractivity contribution is -0.122. The van der Waals surface area contributed by atoms with Gasteiger partial charge in [-0.25, -0.2) is 0 Å². The Morgan fingerprint density at radius 3 is 2.49 bits per heavy atom. The quantitative estimate of drug-likeness (QED) is 0.409. The molecule has 3 aromatic rings. The second kappa shape index (κ2) is 11.4. The van der Waals surface area contributed by atoms with E-state index in [1.54, 1.807) is 11.6 Å². The van der Waals surface area contributed by atoms with Crippen LogP contribution < -0.4 is 10.1 Å². The third-order valence-corrected chi connectivity index (χ3v) is 6.59. The number of alkyl halides is 2. The highest BCUT2D eigenvalue weighted by molar-refractivity contribution is 8.18. The zero-order valence-electron chi connectivity index (χ0n) is 20.1. The number of nitrogens with one attached hydrogen (secondary N) is 1. The molecule has 192 valence electrons. The van der Waals surface area contributed by atoms with Crippen molar-refractivity contribution < 1.29 is 27.9 Å². The minimum absolute atomic E-state index is 0.00512. The molecular formula is C26H24F2N4O4S. The van der Waals surface area contributed by atoms with Crippen molar-refractivity contribution in [3.63, 3.8) is 0 Å². The fourth-order valence-corrected chi connectivity index (χ4v) is 4.76. The van der Waals surface area contributed by atoms with Gasteiger partial charge < -0.3 is 10.1 Å². The number of imide groups is 1. The molecule has 0 bridgehead atoms. The summed E-state index contributed by atoms with van der Waals surface area (Å²) in [4.78, 5) is 39.2. The molecule has 3 amide bonds. The Bertz CT molecular complexity index is 1340. The predicted molar refractivity (Wildman–Crippen MR) is 135 cm³/mol. The van der Waals surface area contributed by atoms with Gasteiger partial charge in [-0.2, -0.15) is 13.9 Å². The molecule has 0 atom stereocenters. The maximum absolute atomic E-state index is 12.9. The molecular weight excluding hydrogens is 502 g/mol. The first-order chi connectivity index (χ1) is 17.7. The average Bonchev–Trinajstić information content (AvgIpc) is 3.29. The van der Waals surface area contributed by atoms with Gasteiger partial charge in [-0.05, 0) is 54.9 Å². The van der Waals surface area contributed by atoms with E-state index in [1.165, 1.54) is 30.3 Å². The highest BCUT2D eigenvalue weighted by Crippen LogP contribution is 2.32. The van der Waals surface area contributed by atoms with Crippen LogP contribution in [-0.4, -0.2) is 51.4 Å². The Hall–Kier alpha value is -3.99. The molecule has 1 aliphatic rings. The molecule has 1 saturated heterocycles. The second-order valence-electron chi connectivity index (χ2n) is 8.23. The topological polar surface area (TPSA) is 93.5 Å². The number of nitrogens with zero attached hydrogens (tertiary/aromatic N) is 3. The van der Waals surface area contributed by atoms with E-state index in [2.05, 4.69) is 15.2 Å². The molecule has 4 rings (SSSR count). The first-order valence-corrected chi connectivity index (χ1v) is 12.2. The Morgan fingerprint density at radius 2 is 1.81 bits per heavy atom. The van der Waals surface area contributed by atoms with Crippen LogP contribution in [0, 0.1) is 13.8 Å². The van der Waals surface area contributed by atoms with E-state index in [0.29, 0.717) is 23.4 Å². The van der Waals surface area contributed by atoms with E-state index in [9.17, 15) is 23.2 Å². The van der Waals surface area contributed by atoms with Gasteiger partial charge in [0.2, 0.25) is 0 Å². The molecule has 0 saturated carbocycles. The normalized spacial score (nSPS) is 14.6. The van der Waals surface area contributed by atoms with Crippen LogP contribution in [0.15, 0.2) is 59.5 Å². The van der Waals surface area contributed by atoms with Crippen molar-refractivity contribution in [2.45, 2.75) is 27.0 Å². The Labute approximate surface area is 216 Å². The van der Waals surface area contributed by atoms with Crippen LogP contribution in [0.2, 0.25) is 0 Å². The molecule has 1 aliphatic heterocycles. The molecule has 2 aromatic carbocycles. The monoisotopic (exact) mass is 526 g/mol. The summed E-state index contributed by atoms with van der Waals surface area (Å²) < 4.78 is 30.7. The number of aromatic nitrogens is 2. The fraction of sp³-hybridized carbons (Fsp3) is 0.231. The van der Waals surface area contributed by atoms with Gasteiger partial charge in [-0.1, -0.05) is 42.5 Å². The van der Waals surface area contributed by atoms with Crippen LogP contribution in [0.25, 0.3) is 6.08 Å². The van der Waals surface area contributed by atoms with Gasteiger partial charge in [0, 0.05) is 18.8 Å². The summed E-state index contributed by atoms with van der Waals surface area (Å²) in [5, 5.41) is 6.80. The highest BCUT2D eigenvalue weighted by atomic mass is 32.2. The molecule has 37 heavy (non-hydrogen) atoms. The number of thioether (sulfide) groups is 1. The van der Waals surface area contributed by atoms with Crippen LogP contribution in [0.3, 0.4) is 0 Å². The summed E-state index contributed by atoms with van der Waals surface area (Å²) in [5.41, 5.74) is 3.39. The number of amides is 3. The summed E-state index contributed by atoms with van der Waals surface area (Å²) in [7, 11) is 0. The van der Waals surface area contributed by atoms with Crippen LogP contribution in [0.5, 0.6) is 5.75 Å². The minimum Gasteiger partial charge on any atom is -0.435 e. The first-order valence-electron chi connectivity index (χ1n) is 11.4. The van der Waals surface area contributed by atoms with Crippen molar-refractivity contribution in [2.24, 2.45) is 0 Å². The Balaban J connectivity index is 1.35. The smallest absolute Gasteiger partial charge is 0.387 e. The van der Waals surface area contributed by atoms with Crippen molar-refractivity contribution in [2.75, 3.05) is 13.1 Å². The van der Waals surface area contributed by atoms with Gasteiger partial charge in [0.15, 0.2) is 0 Å². The summed E-state index contributed by atoms with van der Waals surface area (Å²) in [5.74, 6) is -0.824. The molecule has 1 N–H and O–H groups in total. The number of halogens is 2. The molecule has 0 spiro atoms. The second-order valence-corrected chi connectivity index (χ2v) is 9.22. The van der Waals surface area contributed by atoms with Gasteiger partial charge in [0.05, 0.1) is 22.7 Å². The van der Waals surface area contributed by atoms with Crippen LogP contribution >= 0.6 is 11.8 Å². The summed E-state index contributed by atoms with van der Waals surface area (Å²) in [6.45, 7) is 1.27.